The molecule has 1 nitrogen and oxygen atoms in total. The quantitative estimate of drug-likeness (QED) is 0.148. The van der Waals surface area contributed by atoms with Gasteiger partial charge in [0.25, 0.3) is 0 Å². The number of rotatable bonds is 8. The lowest BCUT2D eigenvalue weighted by Gasteiger charge is -2.31. The molecular formula is C61H45N. The Morgan fingerprint density at radius 3 is 1.48 bits per heavy atom. The van der Waals surface area contributed by atoms with Crippen molar-refractivity contribution in [3.8, 4) is 66.8 Å². The van der Waals surface area contributed by atoms with E-state index in [9.17, 15) is 0 Å². The number of fused-ring (bicyclic) bond motifs is 4. The molecule has 0 radical (unpaired) electrons. The molecule has 0 saturated heterocycles. The van der Waals surface area contributed by atoms with Crippen LogP contribution >= 0.6 is 0 Å². The summed E-state index contributed by atoms with van der Waals surface area (Å²) in [7, 11) is 0. The van der Waals surface area contributed by atoms with Crippen molar-refractivity contribution in [2.75, 3.05) is 4.90 Å². The maximum Gasteiger partial charge on any atom is 0.0543 e. The molecule has 0 aliphatic heterocycles. The van der Waals surface area contributed by atoms with E-state index < -0.39 is 0 Å². The molecule has 0 atom stereocenters. The highest BCUT2D eigenvalue weighted by Gasteiger charge is 2.38. The molecule has 1 heteroatoms. The number of nitrogens with zero attached hydrogens (tertiary/aromatic N) is 1. The molecule has 0 saturated carbocycles. The molecule has 0 amide bonds. The lowest BCUT2D eigenvalue weighted by Crippen LogP contribution is -2.16. The molecule has 11 rings (SSSR count). The molecule has 0 N–H and O–H groups in total. The minimum absolute atomic E-state index is 0.141. The van der Waals surface area contributed by atoms with Crippen LogP contribution in [-0.4, -0.2) is 0 Å². The van der Waals surface area contributed by atoms with Crippen molar-refractivity contribution in [2.24, 2.45) is 0 Å². The Balaban J connectivity index is 1.10. The van der Waals surface area contributed by atoms with Gasteiger partial charge in [0.05, 0.1) is 11.4 Å². The topological polar surface area (TPSA) is 3.24 Å². The average Bonchev–Trinajstić information content (AvgIpc) is 3.58. The molecule has 62 heavy (non-hydrogen) atoms. The van der Waals surface area contributed by atoms with Crippen molar-refractivity contribution in [3.05, 3.63) is 248 Å². The first-order valence-corrected chi connectivity index (χ1v) is 21.6. The number of hydrogen-bond donors (Lipinski definition) is 0. The van der Waals surface area contributed by atoms with E-state index in [2.05, 4.69) is 255 Å². The Morgan fingerprint density at radius 2 is 0.758 bits per heavy atom. The van der Waals surface area contributed by atoms with Crippen LogP contribution in [0, 0.1) is 0 Å². The van der Waals surface area contributed by atoms with Gasteiger partial charge in [0, 0.05) is 22.2 Å². The van der Waals surface area contributed by atoms with Gasteiger partial charge in [0.15, 0.2) is 0 Å². The van der Waals surface area contributed by atoms with E-state index in [1.54, 1.807) is 0 Å². The van der Waals surface area contributed by atoms with Gasteiger partial charge in [-0.15, -0.1) is 0 Å². The minimum Gasteiger partial charge on any atom is -0.309 e. The van der Waals surface area contributed by atoms with Crippen LogP contribution in [0.2, 0.25) is 0 Å². The molecule has 0 unspecified atom stereocenters. The summed E-state index contributed by atoms with van der Waals surface area (Å²) in [6.45, 7) is 4.73. The van der Waals surface area contributed by atoms with E-state index in [0.717, 1.165) is 11.4 Å². The first kappa shape index (κ1) is 37.3. The second-order valence-corrected chi connectivity index (χ2v) is 16.8. The molecule has 0 heterocycles. The summed E-state index contributed by atoms with van der Waals surface area (Å²) < 4.78 is 0. The van der Waals surface area contributed by atoms with Crippen LogP contribution in [0.3, 0.4) is 0 Å². The lowest BCUT2D eigenvalue weighted by molar-refractivity contribution is 0.660. The second kappa shape index (κ2) is 15.4. The third kappa shape index (κ3) is 6.33. The average molecular weight is 792 g/mol. The molecule has 10 aromatic rings. The van der Waals surface area contributed by atoms with E-state index in [1.807, 2.05) is 0 Å². The zero-order valence-corrected chi connectivity index (χ0v) is 35.0. The Kier molecular flexibility index (Phi) is 9.24. The Labute approximate surface area is 364 Å². The molecule has 10 aromatic carbocycles. The van der Waals surface area contributed by atoms with Crippen LogP contribution in [0.1, 0.15) is 25.0 Å². The summed E-state index contributed by atoms with van der Waals surface area (Å²) in [5, 5.41) is 2.47. The van der Waals surface area contributed by atoms with Gasteiger partial charge in [-0.05, 0) is 102 Å². The monoisotopic (exact) mass is 791 g/mol. The largest absolute Gasteiger partial charge is 0.309 e. The summed E-state index contributed by atoms with van der Waals surface area (Å²) in [5.41, 5.74) is 20.6. The number of benzene rings is 10. The van der Waals surface area contributed by atoms with E-state index in [0.29, 0.717) is 0 Å². The maximum atomic E-state index is 2.52. The number of anilines is 3. The molecule has 1 aliphatic rings. The summed E-state index contributed by atoms with van der Waals surface area (Å²) in [6, 6.07) is 86.6. The lowest BCUT2D eigenvalue weighted by atomic mass is 9.82. The van der Waals surface area contributed by atoms with Crippen molar-refractivity contribution in [1.82, 2.24) is 0 Å². The van der Waals surface area contributed by atoms with Crippen LogP contribution in [0.4, 0.5) is 17.1 Å². The van der Waals surface area contributed by atoms with E-state index in [-0.39, 0.29) is 5.41 Å². The Hall–Kier alpha value is -7.74. The maximum absolute atomic E-state index is 2.52. The second-order valence-electron chi connectivity index (χ2n) is 16.8. The molecule has 0 spiro atoms. The van der Waals surface area contributed by atoms with Crippen molar-refractivity contribution >= 4 is 27.8 Å². The third-order valence-electron chi connectivity index (χ3n) is 12.9. The molecule has 1 aliphatic carbocycles. The van der Waals surface area contributed by atoms with Gasteiger partial charge < -0.3 is 4.90 Å². The first-order chi connectivity index (χ1) is 30.5. The van der Waals surface area contributed by atoms with Gasteiger partial charge in [-0.2, -0.15) is 0 Å². The predicted molar refractivity (Wildman–Crippen MR) is 263 cm³/mol. The summed E-state index contributed by atoms with van der Waals surface area (Å²) in [4.78, 5) is 2.52. The van der Waals surface area contributed by atoms with Gasteiger partial charge in [0.2, 0.25) is 0 Å². The van der Waals surface area contributed by atoms with Crippen LogP contribution in [0.5, 0.6) is 0 Å². The van der Waals surface area contributed by atoms with Crippen LogP contribution in [0.15, 0.2) is 237 Å². The van der Waals surface area contributed by atoms with Crippen LogP contribution < -0.4 is 4.90 Å². The van der Waals surface area contributed by atoms with Crippen molar-refractivity contribution in [3.63, 3.8) is 0 Å². The predicted octanol–water partition coefficient (Wildman–Crippen LogP) is 17.0. The standard InChI is InChI=1S/C61H45N/c1-61(2)56-31-15-13-30-55(56)60-57(61)32-18-34-59(60)62(58-33-16-14-29-54(58)53-28-10-9-25-48(53)44-21-7-4-8-22-44)47-24-17-23-46(41-47)50-40-39-49(51-26-11-12-27-52(50)51)45-37-35-43(36-38-45)42-19-5-3-6-20-42/h3-41H,1-2H3. The fourth-order valence-electron chi connectivity index (χ4n) is 9.90. The summed E-state index contributed by atoms with van der Waals surface area (Å²) in [6.07, 6.45) is 0. The van der Waals surface area contributed by atoms with E-state index >= 15 is 0 Å². The Bertz CT molecular complexity index is 3250. The fraction of sp³-hybridized carbons (Fsp3) is 0.0492. The highest BCUT2D eigenvalue weighted by Crippen LogP contribution is 2.55. The zero-order chi connectivity index (χ0) is 41.6. The SMILES string of the molecule is CC1(C)c2ccccc2-c2c(N(c3cccc(-c4ccc(-c5ccc(-c6ccccc6)cc5)c5ccccc45)c3)c3ccccc3-c3ccccc3-c3ccccc3)cccc21. The highest BCUT2D eigenvalue weighted by molar-refractivity contribution is 6.06. The normalized spacial score (nSPS) is 12.5. The van der Waals surface area contributed by atoms with Gasteiger partial charge in [-0.25, -0.2) is 0 Å². The van der Waals surface area contributed by atoms with E-state index in [1.165, 1.54) is 94.3 Å². The van der Waals surface area contributed by atoms with Gasteiger partial charge >= 0.3 is 0 Å². The summed E-state index contributed by atoms with van der Waals surface area (Å²) >= 11 is 0. The van der Waals surface area contributed by atoms with Gasteiger partial charge in [-0.1, -0.05) is 226 Å². The van der Waals surface area contributed by atoms with Gasteiger partial charge in [0.1, 0.15) is 0 Å². The molecule has 0 bridgehead atoms. The number of para-hydroxylation sites is 1. The third-order valence-corrected chi connectivity index (χ3v) is 12.9. The fourth-order valence-corrected chi connectivity index (χ4v) is 9.90. The van der Waals surface area contributed by atoms with Gasteiger partial charge in [-0.3, -0.25) is 0 Å². The molecule has 294 valence electrons. The number of hydrogen-bond acceptors (Lipinski definition) is 1. The molecule has 0 fully saturated rings. The minimum atomic E-state index is -0.141. The van der Waals surface area contributed by atoms with Crippen molar-refractivity contribution < 1.29 is 0 Å². The van der Waals surface area contributed by atoms with E-state index in [4.69, 9.17) is 0 Å². The van der Waals surface area contributed by atoms with Crippen molar-refractivity contribution in [2.45, 2.75) is 19.3 Å². The first-order valence-electron chi connectivity index (χ1n) is 21.6. The zero-order valence-electron chi connectivity index (χ0n) is 35.0. The van der Waals surface area contributed by atoms with Crippen LogP contribution in [0.25, 0.3) is 77.5 Å². The highest BCUT2D eigenvalue weighted by atomic mass is 15.1. The molecular weight excluding hydrogens is 747 g/mol. The van der Waals surface area contributed by atoms with Crippen LogP contribution in [-0.2, 0) is 5.41 Å². The summed E-state index contributed by atoms with van der Waals surface area (Å²) in [5.74, 6) is 0. The van der Waals surface area contributed by atoms with Crippen molar-refractivity contribution in [1.29, 1.82) is 0 Å². The smallest absolute Gasteiger partial charge is 0.0543 e. The Morgan fingerprint density at radius 1 is 0.290 bits per heavy atom. The molecule has 0 aromatic heterocycles.